The lowest BCUT2D eigenvalue weighted by Gasteiger charge is -2.42. The first-order chi connectivity index (χ1) is 20.1. The van der Waals surface area contributed by atoms with Crippen molar-refractivity contribution in [1.82, 2.24) is 4.57 Å². The van der Waals surface area contributed by atoms with E-state index in [9.17, 15) is 0 Å². The molecule has 1 aromatic heterocycles. The van der Waals surface area contributed by atoms with Gasteiger partial charge in [0.05, 0.1) is 22.4 Å². The van der Waals surface area contributed by atoms with E-state index in [1.165, 1.54) is 66.8 Å². The zero-order chi connectivity index (χ0) is 27.6. The van der Waals surface area contributed by atoms with E-state index in [4.69, 9.17) is 0 Å². The molecule has 0 radical (unpaired) electrons. The van der Waals surface area contributed by atoms with E-state index < -0.39 is 0 Å². The number of anilines is 3. The smallest absolute Gasteiger partial charge is 0.0547 e. The van der Waals surface area contributed by atoms with Crippen LogP contribution in [0.25, 0.3) is 38.6 Å². The van der Waals surface area contributed by atoms with Crippen LogP contribution in [0.15, 0.2) is 146 Å². The molecule has 8 rings (SSSR count). The maximum Gasteiger partial charge on any atom is 0.0547 e. The number of hydrogen-bond acceptors (Lipinski definition) is 1. The van der Waals surface area contributed by atoms with Gasteiger partial charge in [-0.15, -0.1) is 0 Å². The summed E-state index contributed by atoms with van der Waals surface area (Å²) >= 11 is 0. The Balaban J connectivity index is 1.40. The molecule has 1 aliphatic heterocycles. The average Bonchev–Trinajstić information content (AvgIpc) is 3.37. The summed E-state index contributed by atoms with van der Waals surface area (Å²) in [6.07, 6.45) is 0. The molecule has 196 valence electrons. The summed E-state index contributed by atoms with van der Waals surface area (Å²) in [7, 11) is 0. The van der Waals surface area contributed by atoms with Crippen LogP contribution in [-0.4, -0.2) is 4.57 Å². The fourth-order valence-corrected chi connectivity index (χ4v) is 6.84. The van der Waals surface area contributed by atoms with Crippen LogP contribution in [0.3, 0.4) is 0 Å². The van der Waals surface area contributed by atoms with Gasteiger partial charge < -0.3 is 9.47 Å². The monoisotopic (exact) mass is 526 g/mol. The highest BCUT2D eigenvalue weighted by Gasteiger charge is 2.37. The van der Waals surface area contributed by atoms with Gasteiger partial charge in [-0.2, -0.15) is 0 Å². The molecular weight excluding hydrogens is 496 g/mol. The van der Waals surface area contributed by atoms with Crippen molar-refractivity contribution in [2.24, 2.45) is 0 Å². The van der Waals surface area contributed by atoms with E-state index in [1.54, 1.807) is 0 Å². The number of rotatable bonds is 3. The Hall–Kier alpha value is -5.08. The van der Waals surface area contributed by atoms with Gasteiger partial charge in [0.25, 0.3) is 0 Å². The molecule has 0 amide bonds. The van der Waals surface area contributed by atoms with Crippen molar-refractivity contribution >= 4 is 38.9 Å². The van der Waals surface area contributed by atoms with Gasteiger partial charge in [-0.05, 0) is 76.9 Å². The summed E-state index contributed by atoms with van der Waals surface area (Å²) in [5, 5.41) is 2.57. The Morgan fingerprint density at radius 2 is 1.12 bits per heavy atom. The van der Waals surface area contributed by atoms with Crippen LogP contribution < -0.4 is 4.90 Å². The third-order valence-corrected chi connectivity index (χ3v) is 8.77. The number of nitrogens with zero attached hydrogens (tertiary/aromatic N) is 2. The molecule has 0 bridgehead atoms. The van der Waals surface area contributed by atoms with Gasteiger partial charge in [0.2, 0.25) is 0 Å². The molecule has 2 heteroatoms. The van der Waals surface area contributed by atoms with Gasteiger partial charge in [0.15, 0.2) is 0 Å². The lowest BCUT2D eigenvalue weighted by atomic mass is 9.73. The van der Waals surface area contributed by atoms with Crippen molar-refractivity contribution in [2.75, 3.05) is 4.90 Å². The highest BCUT2D eigenvalue weighted by molar-refractivity contribution is 6.15. The Morgan fingerprint density at radius 3 is 1.93 bits per heavy atom. The summed E-state index contributed by atoms with van der Waals surface area (Å²) in [4.78, 5) is 2.42. The number of fused-ring (bicyclic) bond motifs is 5. The fraction of sp³-hybridized carbons (Fsp3) is 0.0769. The molecule has 7 aromatic rings. The number of benzene rings is 6. The van der Waals surface area contributed by atoms with Gasteiger partial charge in [-0.25, -0.2) is 0 Å². The van der Waals surface area contributed by atoms with Crippen LogP contribution >= 0.6 is 0 Å². The van der Waals surface area contributed by atoms with Gasteiger partial charge >= 0.3 is 0 Å². The van der Waals surface area contributed by atoms with Gasteiger partial charge in [-0.1, -0.05) is 105 Å². The van der Waals surface area contributed by atoms with Crippen LogP contribution in [0, 0.1) is 0 Å². The molecular formula is C39H30N2. The zero-order valence-corrected chi connectivity index (χ0v) is 23.3. The fourth-order valence-electron chi connectivity index (χ4n) is 6.84. The molecule has 0 saturated carbocycles. The quantitative estimate of drug-likeness (QED) is 0.222. The molecule has 0 atom stereocenters. The maximum atomic E-state index is 2.44. The highest BCUT2D eigenvalue weighted by Crippen LogP contribution is 2.53. The minimum absolute atomic E-state index is 0.154. The van der Waals surface area contributed by atoms with E-state index >= 15 is 0 Å². The SMILES string of the molecule is CC1(C)c2ccccc2N(c2ccccc2)c2ccc(-c3cccc4c3c3ccccc3n4-c3ccccc3)cc21. The molecule has 2 nitrogen and oxygen atoms in total. The minimum atomic E-state index is -0.154. The molecule has 0 spiro atoms. The largest absolute Gasteiger partial charge is 0.310 e. The Labute approximate surface area is 240 Å². The van der Waals surface area contributed by atoms with Crippen LogP contribution in [0.1, 0.15) is 25.0 Å². The topological polar surface area (TPSA) is 8.17 Å². The Kier molecular flexibility index (Phi) is 5.20. The summed E-state index contributed by atoms with van der Waals surface area (Å²) in [6.45, 7) is 4.72. The van der Waals surface area contributed by atoms with E-state index in [1.807, 2.05) is 0 Å². The third kappa shape index (κ3) is 3.50. The maximum absolute atomic E-state index is 2.44. The molecule has 1 aliphatic rings. The van der Waals surface area contributed by atoms with Crippen molar-refractivity contribution in [3.05, 3.63) is 157 Å². The normalized spacial score (nSPS) is 13.8. The molecule has 0 aliphatic carbocycles. The summed E-state index contributed by atoms with van der Waals surface area (Å²) < 4.78 is 2.39. The Morgan fingerprint density at radius 1 is 0.488 bits per heavy atom. The second-order valence-electron chi connectivity index (χ2n) is 11.4. The second kappa shape index (κ2) is 8.97. The number of para-hydroxylation sites is 4. The molecule has 0 saturated heterocycles. The van der Waals surface area contributed by atoms with Crippen LogP contribution in [0.2, 0.25) is 0 Å². The first-order valence-corrected chi connectivity index (χ1v) is 14.3. The third-order valence-electron chi connectivity index (χ3n) is 8.77. The lowest BCUT2D eigenvalue weighted by Crippen LogP contribution is -2.30. The molecule has 0 fully saturated rings. The molecule has 2 heterocycles. The average molecular weight is 527 g/mol. The molecule has 0 N–H and O–H groups in total. The van der Waals surface area contributed by atoms with E-state index in [-0.39, 0.29) is 5.41 Å². The second-order valence-corrected chi connectivity index (χ2v) is 11.4. The lowest BCUT2D eigenvalue weighted by molar-refractivity contribution is 0.632. The van der Waals surface area contributed by atoms with Crippen LogP contribution in [-0.2, 0) is 5.41 Å². The summed E-state index contributed by atoms with van der Waals surface area (Å²) in [5.74, 6) is 0. The van der Waals surface area contributed by atoms with E-state index in [0.717, 1.165) is 0 Å². The first kappa shape index (κ1) is 23.8. The number of aromatic nitrogens is 1. The van der Waals surface area contributed by atoms with Crippen molar-refractivity contribution in [3.8, 4) is 16.8 Å². The minimum Gasteiger partial charge on any atom is -0.310 e. The number of hydrogen-bond donors (Lipinski definition) is 0. The summed E-state index contributed by atoms with van der Waals surface area (Å²) in [6, 6.07) is 52.8. The standard InChI is InChI=1S/C39H30N2/c1-39(2)32-20-10-12-22-35(32)41(29-16-7-4-8-17-29)36-25-24-27(26-33(36)39)30-19-13-23-37-38(30)31-18-9-11-21-34(31)40(37)28-14-5-3-6-15-28/h3-26H,1-2H3. The molecule has 6 aromatic carbocycles. The zero-order valence-electron chi connectivity index (χ0n) is 23.3. The summed E-state index contributed by atoms with van der Waals surface area (Å²) in [5.41, 5.74) is 12.3. The van der Waals surface area contributed by atoms with Crippen molar-refractivity contribution in [2.45, 2.75) is 19.3 Å². The predicted molar refractivity (Wildman–Crippen MR) is 173 cm³/mol. The van der Waals surface area contributed by atoms with Gasteiger partial charge in [-0.3, -0.25) is 0 Å². The first-order valence-electron chi connectivity index (χ1n) is 14.3. The van der Waals surface area contributed by atoms with Crippen molar-refractivity contribution in [1.29, 1.82) is 0 Å². The van der Waals surface area contributed by atoms with Crippen LogP contribution in [0.4, 0.5) is 17.1 Å². The van der Waals surface area contributed by atoms with Crippen LogP contribution in [0.5, 0.6) is 0 Å². The predicted octanol–water partition coefficient (Wildman–Crippen LogP) is 10.6. The highest BCUT2D eigenvalue weighted by atomic mass is 15.2. The van der Waals surface area contributed by atoms with Crippen molar-refractivity contribution < 1.29 is 0 Å². The Bertz CT molecular complexity index is 2070. The molecule has 41 heavy (non-hydrogen) atoms. The van der Waals surface area contributed by atoms with Gasteiger partial charge in [0.1, 0.15) is 0 Å². The van der Waals surface area contributed by atoms with Crippen molar-refractivity contribution in [3.63, 3.8) is 0 Å². The molecule has 0 unspecified atom stereocenters. The van der Waals surface area contributed by atoms with E-state index in [2.05, 4.69) is 169 Å². The van der Waals surface area contributed by atoms with E-state index in [0.29, 0.717) is 0 Å². The van der Waals surface area contributed by atoms with Gasteiger partial charge in [0, 0.05) is 27.6 Å².